The van der Waals surface area contributed by atoms with Crippen molar-refractivity contribution in [2.45, 2.75) is 18.3 Å². The lowest BCUT2D eigenvalue weighted by Gasteiger charge is -2.29. The molecule has 0 bridgehead atoms. The number of nitrogens with one attached hydrogen (secondary N) is 1. The van der Waals surface area contributed by atoms with Gasteiger partial charge in [-0.1, -0.05) is 42.5 Å². The van der Waals surface area contributed by atoms with Crippen molar-refractivity contribution in [1.29, 1.82) is 5.26 Å². The molecule has 0 aromatic heterocycles. The lowest BCUT2D eigenvalue weighted by atomic mass is 9.89. The molecule has 1 aliphatic rings. The third-order valence-electron chi connectivity index (χ3n) is 4.16. The van der Waals surface area contributed by atoms with Crippen LogP contribution in [0.15, 0.2) is 54.6 Å². The van der Waals surface area contributed by atoms with Gasteiger partial charge in [0, 0.05) is 0 Å². The summed E-state index contributed by atoms with van der Waals surface area (Å²) in [6, 6.07) is 13.2. The van der Waals surface area contributed by atoms with E-state index in [9.17, 15) is 22.8 Å². The predicted molar refractivity (Wildman–Crippen MR) is 84.4 cm³/mol. The van der Waals surface area contributed by atoms with Crippen molar-refractivity contribution < 1.29 is 22.8 Å². The van der Waals surface area contributed by atoms with Crippen LogP contribution in [0.2, 0.25) is 0 Å². The lowest BCUT2D eigenvalue weighted by Crippen LogP contribution is -2.55. The van der Waals surface area contributed by atoms with Gasteiger partial charge in [-0.3, -0.25) is 9.69 Å². The van der Waals surface area contributed by atoms with Gasteiger partial charge >= 0.3 is 12.2 Å². The second-order valence-electron chi connectivity index (χ2n) is 5.74. The number of nitriles is 1. The minimum absolute atomic E-state index is 0.332. The normalized spacial score (nSPS) is 20.0. The summed E-state index contributed by atoms with van der Waals surface area (Å²) in [7, 11) is 0. The van der Waals surface area contributed by atoms with Crippen molar-refractivity contribution in [2.75, 3.05) is 0 Å². The summed E-state index contributed by atoms with van der Waals surface area (Å²) >= 11 is 0. The molecule has 2 aromatic carbocycles. The summed E-state index contributed by atoms with van der Waals surface area (Å²) in [4.78, 5) is 25.4. The fourth-order valence-electron chi connectivity index (χ4n) is 2.83. The third kappa shape index (κ3) is 2.67. The Kier molecular flexibility index (Phi) is 4.16. The van der Waals surface area contributed by atoms with E-state index < -0.39 is 23.7 Å². The molecule has 3 rings (SSSR count). The number of urea groups is 1. The highest BCUT2D eigenvalue weighted by atomic mass is 19.4. The molecule has 1 unspecified atom stereocenters. The Morgan fingerprint density at radius 2 is 1.65 bits per heavy atom. The van der Waals surface area contributed by atoms with Crippen LogP contribution >= 0.6 is 0 Å². The van der Waals surface area contributed by atoms with Gasteiger partial charge in [0.15, 0.2) is 0 Å². The monoisotopic (exact) mass is 359 g/mol. The maximum Gasteiger partial charge on any atom is 0.425 e. The van der Waals surface area contributed by atoms with E-state index in [0.717, 1.165) is 12.1 Å². The van der Waals surface area contributed by atoms with Gasteiger partial charge in [-0.15, -0.1) is 0 Å². The highest BCUT2D eigenvalue weighted by Crippen LogP contribution is 2.43. The van der Waals surface area contributed by atoms with E-state index in [1.54, 1.807) is 0 Å². The first-order valence-electron chi connectivity index (χ1n) is 7.55. The third-order valence-corrected chi connectivity index (χ3v) is 4.16. The predicted octanol–water partition coefficient (Wildman–Crippen LogP) is 3.07. The van der Waals surface area contributed by atoms with Gasteiger partial charge in [-0.25, -0.2) is 4.79 Å². The number of alkyl halides is 3. The summed E-state index contributed by atoms with van der Waals surface area (Å²) < 4.78 is 41.5. The minimum Gasteiger partial charge on any atom is -0.312 e. The molecule has 0 aliphatic carbocycles. The SMILES string of the molecule is N#Cc1ccc(CN2C(=O)NC(c3ccccc3)(C(F)(F)F)C2=O)cc1. The number of carbonyl (C=O) groups is 2. The first kappa shape index (κ1) is 17.5. The number of benzene rings is 2. The Labute approximate surface area is 146 Å². The summed E-state index contributed by atoms with van der Waals surface area (Å²) in [6.45, 7) is -0.332. The lowest BCUT2D eigenvalue weighted by molar-refractivity contribution is -0.198. The van der Waals surface area contributed by atoms with Crippen molar-refractivity contribution >= 4 is 11.9 Å². The number of hydrogen-bond acceptors (Lipinski definition) is 3. The Bertz CT molecular complexity index is 889. The molecule has 8 heteroatoms. The van der Waals surface area contributed by atoms with Gasteiger partial charge in [0.25, 0.3) is 5.91 Å². The van der Waals surface area contributed by atoms with E-state index in [1.165, 1.54) is 42.5 Å². The average Bonchev–Trinajstić information content (AvgIpc) is 2.88. The van der Waals surface area contributed by atoms with E-state index in [0.29, 0.717) is 16.0 Å². The van der Waals surface area contributed by atoms with Crippen molar-refractivity contribution in [1.82, 2.24) is 10.2 Å². The first-order chi connectivity index (χ1) is 12.3. The van der Waals surface area contributed by atoms with Crippen LogP contribution in [-0.2, 0) is 16.9 Å². The molecule has 132 valence electrons. The molecule has 3 amide bonds. The smallest absolute Gasteiger partial charge is 0.312 e. The van der Waals surface area contributed by atoms with Crippen molar-refractivity contribution in [3.05, 3.63) is 71.3 Å². The van der Waals surface area contributed by atoms with Crippen LogP contribution in [0.25, 0.3) is 0 Å². The van der Waals surface area contributed by atoms with Crippen LogP contribution in [0.5, 0.6) is 0 Å². The maximum atomic E-state index is 13.8. The van der Waals surface area contributed by atoms with E-state index in [1.807, 2.05) is 11.4 Å². The molecule has 5 nitrogen and oxygen atoms in total. The number of carbonyl (C=O) groups excluding carboxylic acids is 2. The van der Waals surface area contributed by atoms with Crippen LogP contribution < -0.4 is 5.32 Å². The summed E-state index contributed by atoms with van der Waals surface area (Å²) in [5, 5.41) is 10.6. The van der Waals surface area contributed by atoms with Crippen LogP contribution in [0, 0.1) is 11.3 Å². The van der Waals surface area contributed by atoms with Crippen molar-refractivity contribution in [3.63, 3.8) is 0 Å². The van der Waals surface area contributed by atoms with Crippen molar-refractivity contribution in [2.24, 2.45) is 0 Å². The molecule has 1 heterocycles. The summed E-state index contributed by atoms with van der Waals surface area (Å²) in [5.74, 6) is -1.38. The quantitative estimate of drug-likeness (QED) is 0.856. The summed E-state index contributed by atoms with van der Waals surface area (Å²) in [5.41, 5.74) is -2.68. The molecule has 1 N–H and O–H groups in total. The molecule has 1 atom stereocenters. The second kappa shape index (κ2) is 6.19. The van der Waals surface area contributed by atoms with E-state index >= 15 is 0 Å². The zero-order valence-electron chi connectivity index (χ0n) is 13.2. The number of halogens is 3. The molecule has 0 spiro atoms. The molecule has 26 heavy (non-hydrogen) atoms. The van der Waals surface area contributed by atoms with Crippen LogP contribution in [0.3, 0.4) is 0 Å². The van der Waals surface area contributed by atoms with E-state index in [-0.39, 0.29) is 12.1 Å². The molecule has 2 aromatic rings. The van der Waals surface area contributed by atoms with Gasteiger partial charge < -0.3 is 5.32 Å². The largest absolute Gasteiger partial charge is 0.425 e. The molecular formula is C18H12F3N3O2. The highest BCUT2D eigenvalue weighted by Gasteiger charge is 2.68. The van der Waals surface area contributed by atoms with Crippen LogP contribution in [-0.4, -0.2) is 23.0 Å². The van der Waals surface area contributed by atoms with Gasteiger partial charge in [-0.2, -0.15) is 18.4 Å². The van der Waals surface area contributed by atoms with Gasteiger partial charge in [0.2, 0.25) is 5.54 Å². The number of amides is 3. The Balaban J connectivity index is 1.99. The fraction of sp³-hybridized carbons (Fsp3) is 0.167. The van der Waals surface area contributed by atoms with Crippen molar-refractivity contribution in [3.8, 4) is 6.07 Å². The molecule has 0 saturated carbocycles. The zero-order chi connectivity index (χ0) is 18.9. The van der Waals surface area contributed by atoms with Gasteiger partial charge in [-0.05, 0) is 23.3 Å². The molecule has 1 fully saturated rings. The molecule has 0 radical (unpaired) electrons. The Morgan fingerprint density at radius 1 is 1.04 bits per heavy atom. The maximum absolute atomic E-state index is 13.8. The number of hydrogen-bond donors (Lipinski definition) is 1. The molecule has 1 saturated heterocycles. The van der Waals surface area contributed by atoms with Gasteiger partial charge in [0.1, 0.15) is 0 Å². The zero-order valence-corrected chi connectivity index (χ0v) is 13.2. The molecular weight excluding hydrogens is 347 g/mol. The minimum atomic E-state index is -5.01. The average molecular weight is 359 g/mol. The Morgan fingerprint density at radius 3 is 2.19 bits per heavy atom. The van der Waals surface area contributed by atoms with Crippen LogP contribution in [0.4, 0.5) is 18.0 Å². The summed E-state index contributed by atoms with van der Waals surface area (Å²) in [6.07, 6.45) is -5.01. The Hall–Kier alpha value is -3.34. The molecule has 1 aliphatic heterocycles. The second-order valence-corrected chi connectivity index (χ2v) is 5.74. The fourth-order valence-corrected chi connectivity index (χ4v) is 2.83. The van der Waals surface area contributed by atoms with E-state index in [4.69, 9.17) is 5.26 Å². The highest BCUT2D eigenvalue weighted by molar-refractivity contribution is 6.08. The van der Waals surface area contributed by atoms with E-state index in [2.05, 4.69) is 0 Å². The first-order valence-corrected chi connectivity index (χ1v) is 7.55. The topological polar surface area (TPSA) is 73.2 Å². The van der Waals surface area contributed by atoms with Gasteiger partial charge in [0.05, 0.1) is 18.2 Å². The standard InChI is InChI=1S/C18H12F3N3O2/c19-18(20,21)17(14-4-2-1-3-5-14)15(25)24(16(26)23-17)11-13-8-6-12(10-22)7-9-13/h1-9H,11H2,(H,23,26). The number of nitrogens with zero attached hydrogens (tertiary/aromatic N) is 2. The van der Waals surface area contributed by atoms with Crippen LogP contribution in [0.1, 0.15) is 16.7 Å². The number of rotatable bonds is 3. The number of imide groups is 1.